The van der Waals surface area contributed by atoms with Crippen molar-refractivity contribution in [1.29, 1.82) is 0 Å². The van der Waals surface area contributed by atoms with E-state index in [4.69, 9.17) is 0 Å². The standard InChI is InChI=1S/C19H30N2O2/c1-18(2,3)11-10-16(22)20-14-8-7-9-15(12-14)21-17(23)13-19(4,5)6/h7-9,12H,10-11,13H2,1-6H3,(H,20,22)(H,21,23). The number of benzene rings is 1. The van der Waals surface area contributed by atoms with Gasteiger partial charge < -0.3 is 10.6 Å². The van der Waals surface area contributed by atoms with Crippen LogP contribution in [0.25, 0.3) is 0 Å². The Balaban J connectivity index is 2.60. The number of nitrogens with one attached hydrogen (secondary N) is 2. The number of anilines is 2. The zero-order valence-electron chi connectivity index (χ0n) is 15.2. The minimum absolute atomic E-state index is 0.00177. The van der Waals surface area contributed by atoms with Crippen molar-refractivity contribution in [2.24, 2.45) is 10.8 Å². The van der Waals surface area contributed by atoms with Gasteiger partial charge in [-0.3, -0.25) is 9.59 Å². The molecule has 0 aliphatic carbocycles. The average Bonchev–Trinajstić information content (AvgIpc) is 2.33. The summed E-state index contributed by atoms with van der Waals surface area (Å²) in [5, 5.41) is 5.76. The van der Waals surface area contributed by atoms with Gasteiger partial charge in [0, 0.05) is 24.2 Å². The zero-order chi connectivity index (χ0) is 17.7. The van der Waals surface area contributed by atoms with E-state index in [1.54, 1.807) is 6.07 Å². The molecule has 0 aromatic heterocycles. The number of carbonyl (C=O) groups excluding carboxylic acids is 2. The van der Waals surface area contributed by atoms with Gasteiger partial charge in [0.25, 0.3) is 0 Å². The van der Waals surface area contributed by atoms with Crippen molar-refractivity contribution in [2.45, 2.75) is 60.8 Å². The van der Waals surface area contributed by atoms with Crippen molar-refractivity contribution in [3.8, 4) is 0 Å². The minimum Gasteiger partial charge on any atom is -0.326 e. The Labute approximate surface area is 140 Å². The second-order valence-electron chi connectivity index (χ2n) is 8.48. The Bertz CT molecular complexity index is 551. The molecule has 1 aromatic carbocycles. The van der Waals surface area contributed by atoms with Crippen LogP contribution >= 0.6 is 0 Å². The number of amides is 2. The largest absolute Gasteiger partial charge is 0.326 e. The first kappa shape index (κ1) is 19.2. The quantitative estimate of drug-likeness (QED) is 0.817. The molecule has 0 saturated carbocycles. The molecule has 2 N–H and O–H groups in total. The molecule has 0 bridgehead atoms. The van der Waals surface area contributed by atoms with Gasteiger partial charge in [0.2, 0.25) is 11.8 Å². The lowest BCUT2D eigenvalue weighted by Gasteiger charge is -2.18. The highest BCUT2D eigenvalue weighted by Crippen LogP contribution is 2.22. The second-order valence-corrected chi connectivity index (χ2v) is 8.48. The van der Waals surface area contributed by atoms with E-state index in [9.17, 15) is 9.59 Å². The molecule has 0 spiro atoms. The van der Waals surface area contributed by atoms with Gasteiger partial charge in [-0.15, -0.1) is 0 Å². The molecular weight excluding hydrogens is 288 g/mol. The maximum Gasteiger partial charge on any atom is 0.224 e. The van der Waals surface area contributed by atoms with E-state index in [1.807, 2.05) is 39.0 Å². The van der Waals surface area contributed by atoms with Crippen molar-refractivity contribution in [1.82, 2.24) is 0 Å². The molecule has 0 aliphatic heterocycles. The summed E-state index contributed by atoms with van der Waals surface area (Å²) in [4.78, 5) is 24.0. The maximum atomic E-state index is 12.0. The van der Waals surface area contributed by atoms with Crippen molar-refractivity contribution >= 4 is 23.2 Å². The topological polar surface area (TPSA) is 58.2 Å². The van der Waals surface area contributed by atoms with Crippen LogP contribution in [0, 0.1) is 10.8 Å². The van der Waals surface area contributed by atoms with Crippen LogP contribution in [-0.4, -0.2) is 11.8 Å². The summed E-state index contributed by atoms with van der Waals surface area (Å²) in [5.41, 5.74) is 1.49. The van der Waals surface area contributed by atoms with E-state index >= 15 is 0 Å². The lowest BCUT2D eigenvalue weighted by Crippen LogP contribution is -2.20. The SMILES string of the molecule is CC(C)(C)CCC(=O)Nc1cccc(NC(=O)CC(C)(C)C)c1. The molecule has 128 valence electrons. The first-order valence-electron chi connectivity index (χ1n) is 8.14. The molecule has 0 aliphatic rings. The summed E-state index contributed by atoms with van der Waals surface area (Å²) < 4.78 is 0. The Morgan fingerprint density at radius 1 is 0.870 bits per heavy atom. The van der Waals surface area contributed by atoms with Crippen LogP contribution in [0.2, 0.25) is 0 Å². The van der Waals surface area contributed by atoms with Crippen molar-refractivity contribution in [2.75, 3.05) is 10.6 Å². The van der Waals surface area contributed by atoms with E-state index in [2.05, 4.69) is 31.4 Å². The molecule has 1 rings (SSSR count). The molecular formula is C19H30N2O2. The highest BCUT2D eigenvalue weighted by Gasteiger charge is 2.16. The van der Waals surface area contributed by atoms with Crippen LogP contribution in [0.15, 0.2) is 24.3 Å². The molecule has 4 heteroatoms. The summed E-state index contributed by atoms with van der Waals surface area (Å²) in [7, 11) is 0. The first-order valence-corrected chi connectivity index (χ1v) is 8.14. The van der Waals surface area contributed by atoms with Crippen LogP contribution in [0.3, 0.4) is 0 Å². The fourth-order valence-corrected chi connectivity index (χ4v) is 2.07. The Hall–Kier alpha value is -1.84. The summed E-state index contributed by atoms with van der Waals surface area (Å²) >= 11 is 0. The third-order valence-corrected chi connectivity index (χ3v) is 3.22. The predicted octanol–water partition coefficient (Wildman–Crippen LogP) is 4.83. The van der Waals surface area contributed by atoms with Crippen LogP contribution in [0.5, 0.6) is 0 Å². The third kappa shape index (κ3) is 9.01. The van der Waals surface area contributed by atoms with E-state index in [0.29, 0.717) is 24.2 Å². The molecule has 0 fully saturated rings. The summed E-state index contributed by atoms with van der Waals surface area (Å²) in [6, 6.07) is 7.27. The Morgan fingerprint density at radius 2 is 1.39 bits per heavy atom. The van der Waals surface area contributed by atoms with E-state index < -0.39 is 0 Å². The van der Waals surface area contributed by atoms with Crippen LogP contribution < -0.4 is 10.6 Å². The van der Waals surface area contributed by atoms with Gasteiger partial charge >= 0.3 is 0 Å². The van der Waals surface area contributed by atoms with Crippen molar-refractivity contribution in [3.05, 3.63) is 24.3 Å². The lowest BCUT2D eigenvalue weighted by molar-refractivity contribution is -0.118. The second kappa shape index (κ2) is 7.62. The van der Waals surface area contributed by atoms with Gasteiger partial charge in [-0.1, -0.05) is 47.6 Å². The highest BCUT2D eigenvalue weighted by molar-refractivity contribution is 5.94. The average molecular weight is 318 g/mol. The smallest absolute Gasteiger partial charge is 0.224 e. The van der Waals surface area contributed by atoms with E-state index in [1.165, 1.54) is 0 Å². The maximum absolute atomic E-state index is 12.0. The molecule has 2 amide bonds. The third-order valence-electron chi connectivity index (χ3n) is 3.22. The van der Waals surface area contributed by atoms with Gasteiger partial charge in [0.05, 0.1) is 0 Å². The summed E-state index contributed by atoms with van der Waals surface area (Å²) in [6.45, 7) is 12.4. The molecule has 0 atom stereocenters. The minimum atomic E-state index is -0.0527. The molecule has 0 heterocycles. The molecule has 23 heavy (non-hydrogen) atoms. The fraction of sp³-hybridized carbons (Fsp3) is 0.579. The van der Waals surface area contributed by atoms with Gasteiger partial charge in [-0.25, -0.2) is 0 Å². The molecule has 1 aromatic rings. The summed E-state index contributed by atoms with van der Waals surface area (Å²) in [6.07, 6.45) is 1.78. The molecule has 0 unspecified atom stereocenters. The fourth-order valence-electron chi connectivity index (χ4n) is 2.07. The van der Waals surface area contributed by atoms with Gasteiger partial charge in [0.1, 0.15) is 0 Å². The number of rotatable bonds is 5. The van der Waals surface area contributed by atoms with Crippen molar-refractivity contribution < 1.29 is 9.59 Å². The van der Waals surface area contributed by atoms with Crippen molar-refractivity contribution in [3.63, 3.8) is 0 Å². The normalized spacial score (nSPS) is 11.9. The van der Waals surface area contributed by atoms with Crippen LogP contribution in [0.1, 0.15) is 60.8 Å². The van der Waals surface area contributed by atoms with Gasteiger partial charge in [-0.2, -0.15) is 0 Å². The van der Waals surface area contributed by atoms with Crippen LogP contribution in [-0.2, 0) is 9.59 Å². The monoisotopic (exact) mass is 318 g/mol. The number of hydrogen-bond donors (Lipinski definition) is 2. The summed E-state index contributed by atoms with van der Waals surface area (Å²) in [5.74, 6) is -0.0215. The van der Waals surface area contributed by atoms with Crippen LogP contribution in [0.4, 0.5) is 11.4 Å². The lowest BCUT2D eigenvalue weighted by atomic mass is 9.90. The first-order chi connectivity index (χ1) is 10.4. The predicted molar refractivity (Wildman–Crippen MR) is 96.5 cm³/mol. The number of carbonyl (C=O) groups is 2. The van der Waals surface area contributed by atoms with E-state index in [-0.39, 0.29) is 22.6 Å². The Morgan fingerprint density at radius 3 is 1.87 bits per heavy atom. The number of hydrogen-bond acceptors (Lipinski definition) is 2. The highest BCUT2D eigenvalue weighted by atomic mass is 16.2. The van der Waals surface area contributed by atoms with Gasteiger partial charge in [0.15, 0.2) is 0 Å². The van der Waals surface area contributed by atoms with Gasteiger partial charge in [-0.05, 0) is 35.4 Å². The zero-order valence-corrected chi connectivity index (χ0v) is 15.2. The molecule has 4 nitrogen and oxygen atoms in total. The van der Waals surface area contributed by atoms with E-state index in [0.717, 1.165) is 6.42 Å². The molecule has 0 saturated heterocycles. The molecule has 0 radical (unpaired) electrons. The Kier molecular flexibility index (Phi) is 6.37.